The fourth-order valence-electron chi connectivity index (χ4n) is 2.55. The Balaban J connectivity index is 2.31. The first kappa shape index (κ1) is 15.0. The summed E-state index contributed by atoms with van der Waals surface area (Å²) in [6, 6.07) is 13.4. The molecule has 2 rings (SSSR count). The van der Waals surface area contributed by atoms with Crippen molar-refractivity contribution < 1.29 is 4.39 Å². The molecular weight excluding hydrogens is 273 g/mol. The summed E-state index contributed by atoms with van der Waals surface area (Å²) < 4.78 is 14.1. The molecule has 0 bridgehead atoms. The molecule has 0 aliphatic rings. The van der Waals surface area contributed by atoms with Gasteiger partial charge in [0.25, 0.3) is 0 Å². The van der Waals surface area contributed by atoms with Crippen LogP contribution in [0.4, 0.5) is 4.39 Å². The highest BCUT2D eigenvalue weighted by atomic mass is 35.5. The van der Waals surface area contributed by atoms with Gasteiger partial charge in [0.05, 0.1) is 5.02 Å². The van der Waals surface area contributed by atoms with Gasteiger partial charge in [-0.1, -0.05) is 48.0 Å². The molecule has 0 fully saturated rings. The second-order valence-electron chi connectivity index (χ2n) is 5.03. The number of aryl methyl sites for hydroxylation is 1. The summed E-state index contributed by atoms with van der Waals surface area (Å²) in [5, 5.41) is 3.38. The monoisotopic (exact) mass is 291 g/mol. The Bertz CT molecular complexity index is 583. The first-order valence-corrected chi connectivity index (χ1v) is 7.14. The second kappa shape index (κ2) is 6.87. The van der Waals surface area contributed by atoms with Crippen molar-refractivity contribution in [2.75, 3.05) is 13.6 Å². The Hall–Kier alpha value is -1.38. The molecule has 0 saturated heterocycles. The molecule has 0 radical (unpaired) electrons. The van der Waals surface area contributed by atoms with Crippen LogP contribution < -0.4 is 5.32 Å². The van der Waals surface area contributed by atoms with E-state index in [4.69, 9.17) is 11.6 Å². The Morgan fingerprint density at radius 3 is 2.60 bits per heavy atom. The Morgan fingerprint density at radius 2 is 1.90 bits per heavy atom. The molecule has 0 aliphatic heterocycles. The van der Waals surface area contributed by atoms with Crippen LogP contribution in [0.3, 0.4) is 0 Å². The molecule has 1 unspecified atom stereocenters. The molecule has 0 heterocycles. The Labute approximate surface area is 124 Å². The Kier molecular flexibility index (Phi) is 5.16. The lowest BCUT2D eigenvalue weighted by atomic mass is 9.89. The number of benzene rings is 2. The highest BCUT2D eigenvalue weighted by molar-refractivity contribution is 6.30. The molecule has 2 aromatic carbocycles. The van der Waals surface area contributed by atoms with Crippen LogP contribution in [0.1, 0.15) is 22.6 Å². The van der Waals surface area contributed by atoms with E-state index in [-0.39, 0.29) is 16.8 Å². The van der Waals surface area contributed by atoms with Crippen molar-refractivity contribution in [2.24, 2.45) is 0 Å². The number of hydrogen-bond donors (Lipinski definition) is 1. The topological polar surface area (TPSA) is 12.0 Å². The normalized spacial score (nSPS) is 12.4. The van der Waals surface area contributed by atoms with Crippen LogP contribution in [0, 0.1) is 12.7 Å². The van der Waals surface area contributed by atoms with Crippen LogP contribution in [-0.4, -0.2) is 13.6 Å². The van der Waals surface area contributed by atoms with Gasteiger partial charge in [-0.15, -0.1) is 0 Å². The summed E-state index contributed by atoms with van der Waals surface area (Å²) in [5.74, 6) is -0.0713. The zero-order chi connectivity index (χ0) is 14.5. The average molecular weight is 292 g/mol. The molecule has 1 N–H and O–H groups in total. The van der Waals surface area contributed by atoms with Gasteiger partial charge in [-0.3, -0.25) is 0 Å². The average Bonchev–Trinajstić information content (AvgIpc) is 2.44. The van der Waals surface area contributed by atoms with Crippen LogP contribution >= 0.6 is 11.6 Å². The summed E-state index contributed by atoms with van der Waals surface area (Å²) in [6.45, 7) is 2.89. The van der Waals surface area contributed by atoms with Gasteiger partial charge in [-0.05, 0) is 43.1 Å². The van der Waals surface area contributed by atoms with Gasteiger partial charge in [0.15, 0.2) is 0 Å². The van der Waals surface area contributed by atoms with E-state index in [1.807, 2.05) is 25.2 Å². The van der Waals surface area contributed by atoms with E-state index in [0.717, 1.165) is 6.54 Å². The molecule has 2 aromatic rings. The van der Waals surface area contributed by atoms with E-state index in [1.54, 1.807) is 12.1 Å². The number of rotatable bonds is 5. The molecule has 106 valence electrons. The van der Waals surface area contributed by atoms with Gasteiger partial charge in [0.1, 0.15) is 5.82 Å². The molecule has 20 heavy (non-hydrogen) atoms. The van der Waals surface area contributed by atoms with Crippen LogP contribution in [0.25, 0.3) is 0 Å². The van der Waals surface area contributed by atoms with Crippen molar-refractivity contribution in [3.63, 3.8) is 0 Å². The van der Waals surface area contributed by atoms with Gasteiger partial charge in [-0.25, -0.2) is 4.39 Å². The Morgan fingerprint density at radius 1 is 1.15 bits per heavy atom. The van der Waals surface area contributed by atoms with Crippen molar-refractivity contribution in [2.45, 2.75) is 19.3 Å². The minimum Gasteiger partial charge on any atom is -0.319 e. The van der Waals surface area contributed by atoms with Gasteiger partial charge >= 0.3 is 0 Å². The molecule has 1 nitrogen and oxygen atoms in total. The van der Waals surface area contributed by atoms with E-state index < -0.39 is 0 Å². The predicted molar refractivity (Wildman–Crippen MR) is 83.0 cm³/mol. The maximum Gasteiger partial charge on any atom is 0.144 e. The number of likely N-dealkylation sites (N-methyl/N-ethyl adjacent to an activating group) is 1. The molecule has 0 spiro atoms. The van der Waals surface area contributed by atoms with E-state index in [2.05, 4.69) is 24.4 Å². The zero-order valence-electron chi connectivity index (χ0n) is 11.8. The first-order valence-electron chi connectivity index (χ1n) is 6.76. The van der Waals surface area contributed by atoms with Crippen molar-refractivity contribution in [3.8, 4) is 0 Å². The van der Waals surface area contributed by atoms with Gasteiger partial charge in [0.2, 0.25) is 0 Å². The SMILES string of the molecule is CNCC(Cc1cccc(Cl)c1F)c1ccccc1C. The largest absolute Gasteiger partial charge is 0.319 e. The fourth-order valence-corrected chi connectivity index (χ4v) is 2.75. The molecule has 3 heteroatoms. The smallest absolute Gasteiger partial charge is 0.144 e. The second-order valence-corrected chi connectivity index (χ2v) is 5.44. The predicted octanol–water partition coefficient (Wildman–Crippen LogP) is 4.33. The van der Waals surface area contributed by atoms with E-state index in [9.17, 15) is 4.39 Å². The van der Waals surface area contributed by atoms with Crippen LogP contribution in [0.2, 0.25) is 5.02 Å². The molecule has 1 atom stereocenters. The maximum absolute atomic E-state index is 14.1. The lowest BCUT2D eigenvalue weighted by Crippen LogP contribution is -2.20. The molecule has 0 saturated carbocycles. The third kappa shape index (κ3) is 3.38. The number of halogens is 2. The van der Waals surface area contributed by atoms with E-state index >= 15 is 0 Å². The summed E-state index contributed by atoms with van der Waals surface area (Å²) in [6.07, 6.45) is 0.637. The number of nitrogens with one attached hydrogen (secondary N) is 1. The van der Waals surface area contributed by atoms with Crippen molar-refractivity contribution in [3.05, 3.63) is 70.0 Å². The first-order chi connectivity index (χ1) is 9.63. The van der Waals surface area contributed by atoms with Crippen molar-refractivity contribution in [1.29, 1.82) is 0 Å². The maximum atomic E-state index is 14.1. The molecule has 0 aromatic heterocycles. The van der Waals surface area contributed by atoms with Crippen LogP contribution in [0.5, 0.6) is 0 Å². The van der Waals surface area contributed by atoms with Crippen LogP contribution in [0.15, 0.2) is 42.5 Å². The summed E-state index contributed by atoms with van der Waals surface area (Å²) in [5.41, 5.74) is 3.15. The lowest BCUT2D eigenvalue weighted by Gasteiger charge is -2.20. The standard InChI is InChI=1S/C17H19ClFN/c1-12-6-3-4-8-15(12)14(11-20-2)10-13-7-5-9-16(18)17(13)19/h3-9,14,20H,10-11H2,1-2H3. The van der Waals surface area contributed by atoms with Crippen molar-refractivity contribution >= 4 is 11.6 Å². The summed E-state index contributed by atoms with van der Waals surface area (Å²) in [7, 11) is 1.92. The van der Waals surface area contributed by atoms with Gasteiger partial charge < -0.3 is 5.32 Å². The van der Waals surface area contributed by atoms with E-state index in [1.165, 1.54) is 11.1 Å². The third-order valence-corrected chi connectivity index (χ3v) is 3.87. The summed E-state index contributed by atoms with van der Waals surface area (Å²) in [4.78, 5) is 0. The van der Waals surface area contributed by atoms with Crippen LogP contribution in [-0.2, 0) is 6.42 Å². The highest BCUT2D eigenvalue weighted by Gasteiger charge is 2.16. The quantitative estimate of drug-likeness (QED) is 0.864. The third-order valence-electron chi connectivity index (χ3n) is 3.58. The number of hydrogen-bond acceptors (Lipinski definition) is 1. The molecular formula is C17H19ClFN. The van der Waals surface area contributed by atoms with Crippen molar-refractivity contribution in [1.82, 2.24) is 5.32 Å². The fraction of sp³-hybridized carbons (Fsp3) is 0.294. The molecule has 0 amide bonds. The zero-order valence-corrected chi connectivity index (χ0v) is 12.5. The van der Waals surface area contributed by atoms with Gasteiger partial charge in [-0.2, -0.15) is 0 Å². The minimum absolute atomic E-state index is 0.190. The van der Waals surface area contributed by atoms with E-state index in [0.29, 0.717) is 12.0 Å². The highest BCUT2D eigenvalue weighted by Crippen LogP contribution is 2.26. The summed E-state index contributed by atoms with van der Waals surface area (Å²) >= 11 is 5.86. The molecule has 0 aliphatic carbocycles. The van der Waals surface area contributed by atoms with Gasteiger partial charge in [0, 0.05) is 12.5 Å². The minimum atomic E-state index is -0.302. The lowest BCUT2D eigenvalue weighted by molar-refractivity contribution is 0.573.